The molecule has 0 aromatic heterocycles. The molecule has 5 rings (SSSR count). The van der Waals surface area contributed by atoms with Gasteiger partial charge in [-0.1, -0.05) is 54.6 Å². The SMILES string of the molecule is N#Cc1ccc(N(c2ccc(-c3ccc(C#N)c(C#N)c3)cc2)c2cccc3ccccc23)cc1. The van der Waals surface area contributed by atoms with Crippen molar-refractivity contribution in [3.63, 3.8) is 0 Å². The topological polar surface area (TPSA) is 74.6 Å². The minimum atomic E-state index is 0.365. The molecular weight excluding hydrogens is 428 g/mol. The molecular formula is C31H18N4. The van der Waals surface area contributed by atoms with Gasteiger partial charge in [0.05, 0.1) is 28.4 Å². The van der Waals surface area contributed by atoms with Crippen LogP contribution in [0.5, 0.6) is 0 Å². The molecule has 0 heterocycles. The number of rotatable bonds is 4. The van der Waals surface area contributed by atoms with Gasteiger partial charge in [0, 0.05) is 16.8 Å². The maximum absolute atomic E-state index is 9.39. The zero-order chi connectivity index (χ0) is 24.2. The average Bonchev–Trinajstić information content (AvgIpc) is 2.93. The molecule has 0 atom stereocenters. The predicted octanol–water partition coefficient (Wildman–Crippen LogP) is 7.59. The highest BCUT2D eigenvalue weighted by atomic mass is 15.1. The molecule has 35 heavy (non-hydrogen) atoms. The van der Waals surface area contributed by atoms with Crippen LogP contribution in [0, 0.1) is 34.0 Å². The maximum Gasteiger partial charge on any atom is 0.101 e. The first-order valence-corrected chi connectivity index (χ1v) is 11.0. The molecule has 0 aliphatic carbocycles. The van der Waals surface area contributed by atoms with Crippen molar-refractivity contribution >= 4 is 27.8 Å². The zero-order valence-corrected chi connectivity index (χ0v) is 18.7. The summed E-state index contributed by atoms with van der Waals surface area (Å²) >= 11 is 0. The van der Waals surface area contributed by atoms with Gasteiger partial charge in [-0.15, -0.1) is 0 Å². The summed E-state index contributed by atoms with van der Waals surface area (Å²) in [6.07, 6.45) is 0. The molecule has 0 spiro atoms. The Morgan fingerprint density at radius 2 is 1.14 bits per heavy atom. The van der Waals surface area contributed by atoms with Crippen LogP contribution in [0.4, 0.5) is 17.1 Å². The lowest BCUT2D eigenvalue weighted by Gasteiger charge is -2.27. The van der Waals surface area contributed by atoms with Crippen LogP contribution in [0.3, 0.4) is 0 Å². The lowest BCUT2D eigenvalue weighted by molar-refractivity contribution is 1.29. The van der Waals surface area contributed by atoms with Crippen molar-refractivity contribution in [1.29, 1.82) is 15.8 Å². The van der Waals surface area contributed by atoms with Crippen LogP contribution in [0.15, 0.2) is 109 Å². The molecule has 0 aliphatic heterocycles. The van der Waals surface area contributed by atoms with Crippen LogP contribution in [0.1, 0.15) is 16.7 Å². The average molecular weight is 447 g/mol. The van der Waals surface area contributed by atoms with E-state index in [9.17, 15) is 15.8 Å². The van der Waals surface area contributed by atoms with Crippen LogP contribution in [0.2, 0.25) is 0 Å². The van der Waals surface area contributed by atoms with E-state index in [1.807, 2.05) is 72.8 Å². The van der Waals surface area contributed by atoms with E-state index in [0.717, 1.165) is 39.0 Å². The Bertz CT molecular complexity index is 1660. The summed E-state index contributed by atoms with van der Waals surface area (Å²) < 4.78 is 0. The van der Waals surface area contributed by atoms with Gasteiger partial charge in [-0.2, -0.15) is 15.8 Å². The maximum atomic E-state index is 9.39. The minimum absolute atomic E-state index is 0.365. The second-order valence-corrected chi connectivity index (χ2v) is 8.02. The molecule has 162 valence electrons. The number of anilines is 3. The summed E-state index contributed by atoms with van der Waals surface area (Å²) in [6, 6.07) is 41.8. The number of hydrogen-bond acceptors (Lipinski definition) is 4. The molecule has 0 saturated heterocycles. The Morgan fingerprint density at radius 3 is 1.83 bits per heavy atom. The van der Waals surface area contributed by atoms with Gasteiger partial charge >= 0.3 is 0 Å². The van der Waals surface area contributed by atoms with Crippen LogP contribution >= 0.6 is 0 Å². The molecule has 4 heteroatoms. The Labute approximate surface area is 203 Å². The third-order valence-electron chi connectivity index (χ3n) is 5.98. The van der Waals surface area contributed by atoms with E-state index in [2.05, 4.69) is 47.4 Å². The van der Waals surface area contributed by atoms with E-state index in [1.54, 1.807) is 12.1 Å². The molecule has 0 bridgehead atoms. The standard InChI is InChI=1S/C31H18N4/c32-19-22-8-14-28(15-9-22)35(31-7-3-5-24-4-1-2-6-30(24)31)29-16-12-23(13-17-29)25-10-11-26(20-33)27(18-25)21-34/h1-18H. The van der Waals surface area contributed by atoms with Gasteiger partial charge in [-0.05, 0) is 71.1 Å². The number of fused-ring (bicyclic) bond motifs is 1. The van der Waals surface area contributed by atoms with Crippen molar-refractivity contribution in [2.24, 2.45) is 0 Å². The fourth-order valence-electron chi connectivity index (χ4n) is 4.23. The van der Waals surface area contributed by atoms with Gasteiger partial charge in [-0.25, -0.2) is 0 Å². The monoisotopic (exact) mass is 446 g/mol. The second kappa shape index (κ2) is 9.24. The van der Waals surface area contributed by atoms with Crippen LogP contribution in [-0.2, 0) is 0 Å². The molecule has 0 radical (unpaired) electrons. The smallest absolute Gasteiger partial charge is 0.101 e. The van der Waals surface area contributed by atoms with Gasteiger partial charge < -0.3 is 4.90 Å². The number of nitriles is 3. The summed E-state index contributed by atoms with van der Waals surface area (Å²) in [5.41, 5.74) is 6.11. The number of benzene rings is 5. The van der Waals surface area contributed by atoms with E-state index < -0.39 is 0 Å². The third-order valence-corrected chi connectivity index (χ3v) is 5.98. The molecule has 5 aromatic rings. The summed E-state index contributed by atoms with van der Waals surface area (Å²) in [5, 5.41) is 30.1. The molecule has 4 nitrogen and oxygen atoms in total. The van der Waals surface area contributed by atoms with Crippen molar-refractivity contribution in [3.8, 4) is 29.3 Å². The van der Waals surface area contributed by atoms with Gasteiger partial charge in [-0.3, -0.25) is 0 Å². The van der Waals surface area contributed by atoms with Crippen LogP contribution in [0.25, 0.3) is 21.9 Å². The molecule has 0 N–H and O–H groups in total. The van der Waals surface area contributed by atoms with Gasteiger partial charge in [0.15, 0.2) is 0 Å². The molecule has 0 amide bonds. The van der Waals surface area contributed by atoms with Crippen molar-refractivity contribution < 1.29 is 0 Å². The fourth-order valence-corrected chi connectivity index (χ4v) is 4.23. The molecule has 0 saturated carbocycles. The zero-order valence-electron chi connectivity index (χ0n) is 18.7. The van der Waals surface area contributed by atoms with Crippen molar-refractivity contribution in [2.45, 2.75) is 0 Å². The van der Waals surface area contributed by atoms with Crippen molar-refractivity contribution in [3.05, 3.63) is 126 Å². The van der Waals surface area contributed by atoms with Gasteiger partial charge in [0.1, 0.15) is 12.1 Å². The quantitative estimate of drug-likeness (QED) is 0.285. The van der Waals surface area contributed by atoms with E-state index in [-0.39, 0.29) is 0 Å². The van der Waals surface area contributed by atoms with Gasteiger partial charge in [0.25, 0.3) is 0 Å². The first-order valence-electron chi connectivity index (χ1n) is 11.0. The van der Waals surface area contributed by atoms with Crippen molar-refractivity contribution in [2.75, 3.05) is 4.90 Å². The Hall–Kier alpha value is -5.37. The molecule has 0 aliphatic rings. The third kappa shape index (κ3) is 4.07. The Morgan fingerprint density at radius 1 is 0.514 bits per heavy atom. The Kier molecular flexibility index (Phi) is 5.67. The highest BCUT2D eigenvalue weighted by molar-refractivity contribution is 5.99. The second-order valence-electron chi connectivity index (χ2n) is 8.02. The molecule has 5 aromatic carbocycles. The highest BCUT2D eigenvalue weighted by Crippen LogP contribution is 2.39. The summed E-state index contributed by atoms with van der Waals surface area (Å²) in [6.45, 7) is 0. The molecule has 0 fully saturated rings. The predicted molar refractivity (Wildman–Crippen MR) is 138 cm³/mol. The first kappa shape index (κ1) is 21.5. The van der Waals surface area contributed by atoms with Gasteiger partial charge in [0.2, 0.25) is 0 Å². The van der Waals surface area contributed by atoms with E-state index in [0.29, 0.717) is 16.7 Å². The number of hydrogen-bond donors (Lipinski definition) is 0. The minimum Gasteiger partial charge on any atom is -0.310 e. The van der Waals surface area contributed by atoms with Crippen molar-refractivity contribution in [1.82, 2.24) is 0 Å². The highest BCUT2D eigenvalue weighted by Gasteiger charge is 2.15. The summed E-state index contributed by atoms with van der Waals surface area (Å²) in [4.78, 5) is 2.17. The largest absolute Gasteiger partial charge is 0.310 e. The number of nitrogens with zero attached hydrogens (tertiary/aromatic N) is 4. The lowest BCUT2D eigenvalue weighted by Crippen LogP contribution is -2.10. The summed E-state index contributed by atoms with van der Waals surface area (Å²) in [5.74, 6) is 0. The first-order chi connectivity index (χ1) is 17.2. The lowest BCUT2D eigenvalue weighted by atomic mass is 9.99. The molecule has 0 unspecified atom stereocenters. The van der Waals surface area contributed by atoms with Crippen LogP contribution < -0.4 is 4.90 Å². The fraction of sp³-hybridized carbons (Fsp3) is 0. The van der Waals surface area contributed by atoms with E-state index in [4.69, 9.17) is 0 Å². The summed E-state index contributed by atoms with van der Waals surface area (Å²) in [7, 11) is 0. The Balaban J connectivity index is 1.63. The van der Waals surface area contributed by atoms with Crippen LogP contribution in [-0.4, -0.2) is 0 Å². The van der Waals surface area contributed by atoms with E-state index in [1.165, 1.54) is 0 Å². The van der Waals surface area contributed by atoms with E-state index >= 15 is 0 Å². The normalized spacial score (nSPS) is 10.2.